The van der Waals surface area contributed by atoms with E-state index in [-0.39, 0.29) is 28.8 Å². The molecule has 0 spiro atoms. The SMILES string of the molecule is CCC(O)(S)S(=O)(=O)[O-].[Au+]. The first-order chi connectivity index (χ1) is 3.81. The average Bonchev–Trinajstić information content (AvgIpc) is 1.64. The Bertz CT molecular complexity index is 185. The van der Waals surface area contributed by atoms with E-state index in [1.165, 1.54) is 6.92 Å². The minimum atomic E-state index is -4.68. The summed E-state index contributed by atoms with van der Waals surface area (Å²) in [5.74, 6) is 0. The van der Waals surface area contributed by atoms with Gasteiger partial charge in [-0.1, -0.05) is 6.92 Å². The molecular weight excluding hydrogens is 361 g/mol. The van der Waals surface area contributed by atoms with Crippen LogP contribution in [0.25, 0.3) is 0 Å². The second-order valence-corrected chi connectivity index (χ2v) is 4.18. The summed E-state index contributed by atoms with van der Waals surface area (Å²) >= 11 is 3.22. The minimum Gasteiger partial charge on any atom is -0.745 e. The molecule has 1 unspecified atom stereocenters. The molecule has 0 bridgehead atoms. The van der Waals surface area contributed by atoms with Crippen molar-refractivity contribution in [2.45, 2.75) is 17.6 Å². The number of hydrogen-bond acceptors (Lipinski definition) is 5. The van der Waals surface area contributed by atoms with Crippen LogP contribution in [-0.4, -0.2) is 22.3 Å². The number of thiol groups is 1. The smallest absolute Gasteiger partial charge is 0.745 e. The Labute approximate surface area is 80.7 Å². The fourth-order valence-corrected chi connectivity index (χ4v) is 0.530. The molecular formula is C3H7AuO4S2. The monoisotopic (exact) mass is 368 g/mol. The maximum absolute atomic E-state index is 10.0. The van der Waals surface area contributed by atoms with Crippen molar-refractivity contribution in [2.24, 2.45) is 0 Å². The van der Waals surface area contributed by atoms with Crippen molar-refractivity contribution in [3.63, 3.8) is 0 Å². The fourth-order valence-electron chi connectivity index (χ4n) is 0.177. The van der Waals surface area contributed by atoms with E-state index >= 15 is 0 Å². The largest absolute Gasteiger partial charge is 1.00 e. The molecule has 0 saturated heterocycles. The number of rotatable bonds is 2. The Hall–Kier alpha value is 0.960. The van der Waals surface area contributed by atoms with Crippen molar-refractivity contribution in [1.29, 1.82) is 0 Å². The summed E-state index contributed by atoms with van der Waals surface area (Å²) < 4.78 is 27.6. The summed E-state index contributed by atoms with van der Waals surface area (Å²) in [6.07, 6.45) is -0.220. The van der Waals surface area contributed by atoms with Crippen molar-refractivity contribution in [1.82, 2.24) is 0 Å². The van der Waals surface area contributed by atoms with Crippen LogP contribution >= 0.6 is 12.6 Å². The molecule has 0 aliphatic carbocycles. The Kier molecular flexibility index (Phi) is 5.56. The third kappa shape index (κ3) is 3.38. The number of hydrogen-bond donors (Lipinski definition) is 2. The van der Waals surface area contributed by atoms with Crippen LogP contribution in [0.5, 0.6) is 0 Å². The van der Waals surface area contributed by atoms with E-state index < -0.39 is 14.4 Å². The number of aliphatic hydroxyl groups is 1. The maximum Gasteiger partial charge on any atom is 1.00 e. The third-order valence-electron chi connectivity index (χ3n) is 0.861. The molecule has 66 valence electrons. The summed E-state index contributed by atoms with van der Waals surface area (Å²) in [5, 5.41) is 8.62. The normalized spacial score (nSPS) is 17.2. The molecule has 0 aromatic carbocycles. The second kappa shape index (κ2) is 4.10. The molecule has 0 aliphatic rings. The molecule has 7 heteroatoms. The molecule has 0 radical (unpaired) electrons. The van der Waals surface area contributed by atoms with Crippen LogP contribution in [0.15, 0.2) is 0 Å². The molecule has 1 atom stereocenters. The Morgan fingerprint density at radius 2 is 2.00 bits per heavy atom. The van der Waals surface area contributed by atoms with E-state index in [4.69, 9.17) is 5.11 Å². The van der Waals surface area contributed by atoms with Crippen LogP contribution in [-0.2, 0) is 32.5 Å². The van der Waals surface area contributed by atoms with Gasteiger partial charge in [-0.25, -0.2) is 8.42 Å². The van der Waals surface area contributed by atoms with Crippen LogP contribution in [0.4, 0.5) is 0 Å². The van der Waals surface area contributed by atoms with Gasteiger partial charge in [0, 0.05) is 0 Å². The van der Waals surface area contributed by atoms with E-state index in [1.54, 1.807) is 0 Å². The van der Waals surface area contributed by atoms with Crippen molar-refractivity contribution >= 4 is 22.7 Å². The van der Waals surface area contributed by atoms with Gasteiger partial charge in [-0.2, -0.15) is 0 Å². The zero-order valence-corrected chi connectivity index (χ0v) is 8.91. The molecule has 0 amide bonds. The van der Waals surface area contributed by atoms with E-state index in [1.807, 2.05) is 0 Å². The fraction of sp³-hybridized carbons (Fsp3) is 1.00. The van der Waals surface area contributed by atoms with E-state index in [2.05, 4.69) is 12.6 Å². The zero-order valence-electron chi connectivity index (χ0n) is 5.04. The third-order valence-corrected chi connectivity index (χ3v) is 2.94. The van der Waals surface area contributed by atoms with E-state index in [9.17, 15) is 13.0 Å². The Morgan fingerprint density at radius 3 is 2.00 bits per heavy atom. The maximum atomic E-state index is 10.0. The van der Waals surface area contributed by atoms with Crippen LogP contribution in [0.3, 0.4) is 0 Å². The van der Waals surface area contributed by atoms with E-state index in [0.717, 1.165) is 0 Å². The van der Waals surface area contributed by atoms with Crippen LogP contribution in [0, 0.1) is 0 Å². The quantitative estimate of drug-likeness (QED) is 0.299. The predicted octanol–water partition coefficient (Wildman–Crippen LogP) is -0.485. The van der Waals surface area contributed by atoms with Gasteiger partial charge in [-0.15, -0.1) is 12.6 Å². The molecule has 0 fully saturated rings. The van der Waals surface area contributed by atoms with Crippen LogP contribution in [0.1, 0.15) is 13.3 Å². The first kappa shape index (κ1) is 13.5. The summed E-state index contributed by atoms with van der Waals surface area (Å²) in [4.78, 5) is 0. The van der Waals surface area contributed by atoms with E-state index in [0.29, 0.717) is 0 Å². The van der Waals surface area contributed by atoms with Gasteiger partial charge in [-0.05, 0) is 6.42 Å². The molecule has 0 aliphatic heterocycles. The molecule has 0 aromatic rings. The summed E-state index contributed by atoms with van der Waals surface area (Å²) in [7, 11) is -4.68. The summed E-state index contributed by atoms with van der Waals surface area (Å²) in [6.45, 7) is 1.35. The van der Waals surface area contributed by atoms with Gasteiger partial charge in [0.1, 0.15) is 10.1 Å². The van der Waals surface area contributed by atoms with Crippen molar-refractivity contribution < 1.29 is 40.5 Å². The van der Waals surface area contributed by atoms with Crippen LogP contribution in [0.2, 0.25) is 0 Å². The van der Waals surface area contributed by atoms with Crippen molar-refractivity contribution in [3.05, 3.63) is 0 Å². The molecule has 1 N–H and O–H groups in total. The molecule has 0 rings (SSSR count). The van der Waals surface area contributed by atoms with Gasteiger partial charge < -0.3 is 9.66 Å². The predicted molar refractivity (Wildman–Crippen MR) is 33.9 cm³/mol. The Morgan fingerprint density at radius 1 is 1.70 bits per heavy atom. The van der Waals surface area contributed by atoms with Gasteiger partial charge >= 0.3 is 22.4 Å². The first-order valence-corrected chi connectivity index (χ1v) is 4.07. The molecule has 0 aromatic heterocycles. The zero-order chi connectivity index (χ0) is 7.71. The van der Waals surface area contributed by atoms with Crippen LogP contribution < -0.4 is 0 Å². The molecule has 0 heterocycles. The average molecular weight is 368 g/mol. The topological polar surface area (TPSA) is 77.4 Å². The minimum absolute atomic E-state index is 0. The van der Waals surface area contributed by atoms with Gasteiger partial charge in [0.2, 0.25) is 0 Å². The molecule has 0 saturated carbocycles. The molecule has 4 nitrogen and oxygen atoms in total. The summed E-state index contributed by atoms with van der Waals surface area (Å²) in [5.41, 5.74) is 0. The van der Waals surface area contributed by atoms with Crippen molar-refractivity contribution in [3.8, 4) is 0 Å². The van der Waals surface area contributed by atoms with Crippen molar-refractivity contribution in [2.75, 3.05) is 0 Å². The summed E-state index contributed by atoms with van der Waals surface area (Å²) in [6, 6.07) is 0. The van der Waals surface area contributed by atoms with Gasteiger partial charge in [0.05, 0.1) is 0 Å². The first-order valence-electron chi connectivity index (χ1n) is 2.21. The van der Waals surface area contributed by atoms with Gasteiger partial charge in [0.25, 0.3) is 0 Å². The van der Waals surface area contributed by atoms with Gasteiger partial charge in [-0.3, -0.25) is 0 Å². The standard InChI is InChI=1S/C3H8O4S2.Au/c1-2-3(4,8)9(5,6)7;/h4,8H,2H2,1H3,(H,5,6,7);/q;+1/p-1. The Balaban J connectivity index is 0. The van der Waals surface area contributed by atoms with Gasteiger partial charge in [0.15, 0.2) is 4.27 Å². The second-order valence-electron chi connectivity index (χ2n) is 1.55. The molecule has 10 heavy (non-hydrogen) atoms.